The van der Waals surface area contributed by atoms with Gasteiger partial charge in [-0.25, -0.2) is 8.78 Å². The Hall–Kier alpha value is -2.55. The molecule has 2 aromatic rings. The first kappa shape index (κ1) is 27.0. The zero-order valence-electron chi connectivity index (χ0n) is 21.8. The van der Waals surface area contributed by atoms with Crippen molar-refractivity contribution >= 4 is 29.1 Å². The molecule has 1 saturated heterocycles. The first-order chi connectivity index (χ1) is 17.9. The van der Waals surface area contributed by atoms with Crippen molar-refractivity contribution in [3.05, 3.63) is 64.2 Å². The summed E-state index contributed by atoms with van der Waals surface area (Å²) in [6.07, 6.45) is 2.52. The van der Waals surface area contributed by atoms with Gasteiger partial charge in [0.1, 0.15) is 5.41 Å². The van der Waals surface area contributed by atoms with Crippen LogP contribution in [0.2, 0.25) is 5.02 Å². The maximum absolute atomic E-state index is 15.5. The van der Waals surface area contributed by atoms with Crippen LogP contribution in [0.25, 0.3) is 0 Å². The summed E-state index contributed by atoms with van der Waals surface area (Å²) in [5.41, 5.74) is -0.542. The number of hydrogen-bond acceptors (Lipinski definition) is 4. The monoisotopic (exact) mass is 545 g/mol. The third-order valence-corrected chi connectivity index (χ3v) is 8.50. The van der Waals surface area contributed by atoms with E-state index in [1.807, 2.05) is 20.8 Å². The summed E-state index contributed by atoms with van der Waals surface area (Å²) in [6.45, 7) is 6.11. The van der Waals surface area contributed by atoms with Crippen molar-refractivity contribution in [1.29, 1.82) is 0 Å². The van der Waals surface area contributed by atoms with Crippen molar-refractivity contribution in [3.8, 4) is 0 Å². The van der Waals surface area contributed by atoms with Crippen molar-refractivity contribution in [2.45, 2.75) is 88.4 Å². The molecule has 3 aliphatic rings. The van der Waals surface area contributed by atoms with Crippen LogP contribution in [-0.4, -0.2) is 41.2 Å². The van der Waals surface area contributed by atoms with Gasteiger partial charge in [0.15, 0.2) is 11.6 Å². The smallest absolute Gasteiger partial charge is 0.238 e. The summed E-state index contributed by atoms with van der Waals surface area (Å²) in [6, 6.07) is 7.28. The van der Waals surface area contributed by atoms with Gasteiger partial charge in [0.05, 0.1) is 12.1 Å². The van der Waals surface area contributed by atoms with Crippen molar-refractivity contribution in [2.75, 3.05) is 5.32 Å². The topological polar surface area (TPSA) is 90.5 Å². The van der Waals surface area contributed by atoms with E-state index in [4.69, 9.17) is 11.6 Å². The molecular formula is C29H34ClF2N3O3. The van der Waals surface area contributed by atoms with Gasteiger partial charge in [-0.2, -0.15) is 0 Å². The van der Waals surface area contributed by atoms with Gasteiger partial charge in [-0.1, -0.05) is 50.6 Å². The van der Waals surface area contributed by atoms with Gasteiger partial charge in [-0.15, -0.1) is 0 Å². The molecule has 2 aromatic carbocycles. The number of aliphatic hydroxyl groups excluding tert-OH is 1. The lowest BCUT2D eigenvalue weighted by atomic mass is 9.62. The molecule has 5 rings (SSSR count). The fourth-order valence-corrected chi connectivity index (χ4v) is 6.84. The van der Waals surface area contributed by atoms with E-state index < -0.39 is 35.1 Å². The van der Waals surface area contributed by atoms with Crippen LogP contribution in [0.1, 0.15) is 69.9 Å². The Morgan fingerprint density at radius 2 is 1.87 bits per heavy atom. The van der Waals surface area contributed by atoms with Crippen molar-refractivity contribution < 1.29 is 23.5 Å². The first-order valence-corrected chi connectivity index (χ1v) is 13.6. The molecule has 1 aliphatic carbocycles. The number of aliphatic hydroxyl groups is 1. The van der Waals surface area contributed by atoms with Gasteiger partial charge in [-0.05, 0) is 66.8 Å². The minimum absolute atomic E-state index is 0.0222. The van der Waals surface area contributed by atoms with Gasteiger partial charge >= 0.3 is 0 Å². The van der Waals surface area contributed by atoms with E-state index in [0.29, 0.717) is 48.4 Å². The fourth-order valence-electron chi connectivity index (χ4n) is 6.66. The number of hydrogen-bond donors (Lipinski definition) is 4. The molecule has 38 heavy (non-hydrogen) atoms. The second kappa shape index (κ2) is 9.88. The number of amides is 2. The van der Waals surface area contributed by atoms with Crippen LogP contribution in [0, 0.1) is 17.0 Å². The zero-order valence-corrected chi connectivity index (χ0v) is 22.5. The van der Waals surface area contributed by atoms with Crippen LogP contribution in [0.15, 0.2) is 36.4 Å². The van der Waals surface area contributed by atoms with E-state index >= 15 is 4.39 Å². The van der Waals surface area contributed by atoms with Crippen LogP contribution in [0.5, 0.6) is 0 Å². The van der Waals surface area contributed by atoms with Gasteiger partial charge < -0.3 is 21.1 Å². The Kier molecular flexibility index (Phi) is 7.03. The summed E-state index contributed by atoms with van der Waals surface area (Å²) in [4.78, 5) is 28.0. The highest BCUT2D eigenvalue weighted by Crippen LogP contribution is 2.57. The van der Waals surface area contributed by atoms with Crippen LogP contribution in [0.3, 0.4) is 0 Å². The predicted octanol–water partition coefficient (Wildman–Crippen LogP) is 4.79. The average Bonchev–Trinajstić information content (AvgIpc) is 3.31. The van der Waals surface area contributed by atoms with Crippen molar-refractivity contribution in [3.63, 3.8) is 0 Å². The SMILES string of the molecule is CC(C)(C)C[C@@H]1N[C@@H](C(=O)NC2CCC(O)CC2)[C@H](c2cccc(F)c2F)C12C(=O)Nc1cc(Cl)ccc12. The number of anilines is 1. The van der Waals surface area contributed by atoms with E-state index in [2.05, 4.69) is 16.0 Å². The lowest BCUT2D eigenvalue weighted by Gasteiger charge is -2.37. The maximum Gasteiger partial charge on any atom is 0.238 e. The molecule has 6 nitrogen and oxygen atoms in total. The normalized spacial score (nSPS) is 30.8. The molecule has 2 heterocycles. The van der Waals surface area contributed by atoms with Gasteiger partial charge in [0.25, 0.3) is 0 Å². The highest BCUT2D eigenvalue weighted by atomic mass is 35.5. The molecule has 204 valence electrons. The van der Waals surface area contributed by atoms with E-state index in [1.54, 1.807) is 18.2 Å². The molecule has 0 aromatic heterocycles. The van der Waals surface area contributed by atoms with Crippen molar-refractivity contribution in [2.24, 2.45) is 5.41 Å². The standard InChI is InChI=1S/C29H34ClF2N3O3/c1-28(2,3)14-22-29(19-12-7-15(30)13-21(19)34-27(29)38)23(18-5-4-6-20(31)24(18)32)25(35-22)26(37)33-16-8-10-17(36)11-9-16/h4-7,12-13,16-17,22-23,25,35-36H,8-11,14H2,1-3H3,(H,33,37)(H,34,38)/t16?,17?,22-,23-,25+,29?/m0/s1. The van der Waals surface area contributed by atoms with Crippen molar-refractivity contribution in [1.82, 2.24) is 10.6 Å². The quantitative estimate of drug-likeness (QED) is 0.445. The zero-order chi connectivity index (χ0) is 27.4. The molecule has 1 saturated carbocycles. The minimum atomic E-state index is -1.38. The van der Waals surface area contributed by atoms with Crippen LogP contribution in [0.4, 0.5) is 14.5 Å². The van der Waals surface area contributed by atoms with Crippen LogP contribution < -0.4 is 16.0 Å². The molecule has 0 bridgehead atoms. The summed E-state index contributed by atoms with van der Waals surface area (Å²) < 4.78 is 30.2. The third kappa shape index (κ3) is 4.61. The maximum atomic E-state index is 15.5. The molecule has 2 fully saturated rings. The largest absolute Gasteiger partial charge is 0.393 e. The highest BCUT2D eigenvalue weighted by molar-refractivity contribution is 6.31. The molecule has 1 spiro atoms. The number of benzene rings is 2. The Balaban J connectivity index is 1.67. The highest BCUT2D eigenvalue weighted by Gasteiger charge is 2.66. The Morgan fingerprint density at radius 3 is 2.55 bits per heavy atom. The average molecular weight is 546 g/mol. The second-order valence-corrected chi connectivity index (χ2v) is 12.5. The number of rotatable bonds is 4. The minimum Gasteiger partial charge on any atom is -0.393 e. The first-order valence-electron chi connectivity index (χ1n) is 13.2. The summed E-state index contributed by atoms with van der Waals surface area (Å²) >= 11 is 6.25. The van der Waals surface area contributed by atoms with E-state index in [1.165, 1.54) is 12.1 Å². The molecule has 2 aliphatic heterocycles. The van der Waals surface area contributed by atoms with E-state index in [0.717, 1.165) is 6.07 Å². The lowest BCUT2D eigenvalue weighted by molar-refractivity contribution is -0.124. The molecule has 0 radical (unpaired) electrons. The number of fused-ring (bicyclic) bond motifs is 2. The number of carbonyl (C=O) groups excluding carboxylic acids is 2. The number of nitrogens with one attached hydrogen (secondary N) is 3. The van der Waals surface area contributed by atoms with E-state index in [9.17, 15) is 19.1 Å². The van der Waals surface area contributed by atoms with Gasteiger partial charge in [0.2, 0.25) is 11.8 Å². The van der Waals surface area contributed by atoms with E-state index in [-0.39, 0.29) is 34.9 Å². The molecule has 4 atom stereocenters. The summed E-state index contributed by atoms with van der Waals surface area (Å²) in [5, 5.41) is 19.7. The second-order valence-electron chi connectivity index (χ2n) is 12.1. The van der Waals surface area contributed by atoms with Gasteiger partial charge in [-0.3, -0.25) is 9.59 Å². The fraction of sp³-hybridized carbons (Fsp3) is 0.517. The molecular weight excluding hydrogens is 512 g/mol. The van der Waals surface area contributed by atoms with Gasteiger partial charge in [0, 0.05) is 28.7 Å². The number of halogens is 3. The molecule has 9 heteroatoms. The molecule has 4 N–H and O–H groups in total. The Bertz CT molecular complexity index is 1260. The number of carbonyl (C=O) groups is 2. The van der Waals surface area contributed by atoms with Crippen LogP contribution in [-0.2, 0) is 15.0 Å². The Morgan fingerprint density at radius 1 is 1.16 bits per heavy atom. The Labute approximate surface area is 226 Å². The molecule has 2 amide bonds. The third-order valence-electron chi connectivity index (χ3n) is 8.26. The lowest BCUT2D eigenvalue weighted by Crippen LogP contribution is -2.50. The molecule has 1 unspecified atom stereocenters. The summed E-state index contributed by atoms with van der Waals surface area (Å²) in [7, 11) is 0. The predicted molar refractivity (Wildman–Crippen MR) is 142 cm³/mol. The summed E-state index contributed by atoms with van der Waals surface area (Å²) in [5.74, 6) is -3.87. The van der Waals surface area contributed by atoms with Crippen LogP contribution >= 0.6 is 11.6 Å².